The van der Waals surface area contributed by atoms with Crippen LogP contribution in [0.25, 0.3) is 0 Å². The largest absolute Gasteiger partial charge is 0.444 e. The summed E-state index contributed by atoms with van der Waals surface area (Å²) in [5, 5.41) is 0.481. The van der Waals surface area contributed by atoms with Gasteiger partial charge in [0.05, 0.1) is 0 Å². The lowest BCUT2D eigenvalue weighted by atomic mass is 9.94. The third-order valence-electron chi connectivity index (χ3n) is 1.37. The minimum atomic E-state index is -0.0572. The molecule has 0 aliphatic rings. The highest BCUT2D eigenvalue weighted by molar-refractivity contribution is 6.30. The van der Waals surface area contributed by atoms with Crippen molar-refractivity contribution < 1.29 is 4.42 Å². The van der Waals surface area contributed by atoms with E-state index < -0.39 is 0 Å². The predicted octanol–water partition coefficient (Wildman–Crippen LogP) is 2.93. The number of hydrogen-bond acceptors (Lipinski definition) is 2. The number of hydrogen-bond donors (Lipinski definition) is 0. The lowest BCUT2D eigenvalue weighted by Crippen LogP contribution is -2.10. The lowest BCUT2D eigenvalue weighted by molar-refractivity contribution is 0.392. The van der Waals surface area contributed by atoms with Gasteiger partial charge in [0.2, 0.25) is 0 Å². The first-order valence-electron chi connectivity index (χ1n) is 3.54. The average molecular weight is 174 g/mol. The van der Waals surface area contributed by atoms with E-state index in [2.05, 4.69) is 4.98 Å². The highest BCUT2D eigenvalue weighted by atomic mass is 35.5. The summed E-state index contributed by atoms with van der Waals surface area (Å²) < 4.78 is 5.34. The Kier molecular flexibility index (Phi) is 1.97. The molecule has 62 valence electrons. The number of aryl methyl sites for hydroxylation is 1. The molecule has 1 rings (SSSR count). The maximum Gasteiger partial charge on any atom is 0.192 e. The Hall–Kier alpha value is -0.500. The minimum absolute atomic E-state index is 0.0572. The van der Waals surface area contributed by atoms with Crippen LogP contribution in [-0.4, -0.2) is 4.98 Å². The summed E-state index contributed by atoms with van der Waals surface area (Å²) in [5.41, 5.74) is -0.0572. The van der Waals surface area contributed by atoms with Gasteiger partial charge in [-0.3, -0.25) is 0 Å². The van der Waals surface area contributed by atoms with Gasteiger partial charge in [0, 0.05) is 12.3 Å². The number of rotatable bonds is 0. The van der Waals surface area contributed by atoms with Crippen LogP contribution in [0.15, 0.2) is 4.42 Å². The van der Waals surface area contributed by atoms with E-state index in [1.54, 1.807) is 6.92 Å². The Morgan fingerprint density at radius 2 is 1.91 bits per heavy atom. The number of halogens is 1. The third-order valence-corrected chi connectivity index (χ3v) is 1.63. The lowest BCUT2D eigenvalue weighted by Gasteiger charge is -2.13. The van der Waals surface area contributed by atoms with Crippen molar-refractivity contribution in [3.63, 3.8) is 0 Å². The molecule has 1 heterocycles. The predicted molar refractivity (Wildman–Crippen MR) is 45.0 cm³/mol. The number of aromatic nitrogens is 1. The standard InChI is InChI=1S/C8H12ClNO/c1-5-10-7(9)6(11-5)8(2,3)4/h1-4H3. The summed E-state index contributed by atoms with van der Waals surface area (Å²) in [6.07, 6.45) is 0. The van der Waals surface area contributed by atoms with Crippen molar-refractivity contribution >= 4 is 11.6 Å². The first kappa shape index (κ1) is 8.60. The van der Waals surface area contributed by atoms with Gasteiger partial charge in [-0.2, -0.15) is 0 Å². The molecule has 11 heavy (non-hydrogen) atoms. The molecule has 0 radical (unpaired) electrons. The maximum atomic E-state index is 5.82. The summed E-state index contributed by atoms with van der Waals surface area (Å²) in [7, 11) is 0. The molecule has 0 unspecified atom stereocenters. The zero-order valence-corrected chi connectivity index (χ0v) is 7.99. The summed E-state index contributed by atoms with van der Waals surface area (Å²) in [4.78, 5) is 3.98. The maximum absolute atomic E-state index is 5.82. The molecule has 2 nitrogen and oxygen atoms in total. The van der Waals surface area contributed by atoms with Gasteiger partial charge in [-0.25, -0.2) is 4.98 Å². The van der Waals surface area contributed by atoms with E-state index in [0.29, 0.717) is 11.0 Å². The van der Waals surface area contributed by atoms with Crippen molar-refractivity contribution in [1.82, 2.24) is 4.98 Å². The second-order valence-corrected chi connectivity index (χ2v) is 3.96. The van der Waals surface area contributed by atoms with Gasteiger partial charge in [0.1, 0.15) is 5.76 Å². The fourth-order valence-corrected chi connectivity index (χ4v) is 1.31. The Balaban J connectivity index is 3.13. The highest BCUT2D eigenvalue weighted by Crippen LogP contribution is 2.29. The van der Waals surface area contributed by atoms with Crippen molar-refractivity contribution in [2.75, 3.05) is 0 Å². The summed E-state index contributed by atoms with van der Waals surface area (Å²) in [5.74, 6) is 1.39. The van der Waals surface area contributed by atoms with Gasteiger partial charge in [0.25, 0.3) is 0 Å². The normalized spacial score (nSPS) is 12.1. The zero-order valence-electron chi connectivity index (χ0n) is 7.23. The molecule has 0 amide bonds. The van der Waals surface area contributed by atoms with E-state index >= 15 is 0 Å². The molecule has 1 aromatic rings. The van der Waals surface area contributed by atoms with Gasteiger partial charge in [0.15, 0.2) is 11.0 Å². The number of oxazole rings is 1. The molecule has 0 aliphatic carbocycles. The second-order valence-electron chi connectivity index (χ2n) is 3.60. The topological polar surface area (TPSA) is 26.0 Å². The SMILES string of the molecule is Cc1nc(Cl)c(C(C)(C)C)o1. The smallest absolute Gasteiger partial charge is 0.192 e. The van der Waals surface area contributed by atoms with Crippen molar-refractivity contribution in [3.8, 4) is 0 Å². The molecule has 0 saturated carbocycles. The van der Waals surface area contributed by atoms with Crippen molar-refractivity contribution in [3.05, 3.63) is 16.8 Å². The molecule has 0 fully saturated rings. The third kappa shape index (κ3) is 1.74. The van der Waals surface area contributed by atoms with Crippen LogP contribution in [0.4, 0.5) is 0 Å². The molecule has 0 saturated heterocycles. The Morgan fingerprint density at radius 1 is 1.36 bits per heavy atom. The Labute approximate surface area is 71.6 Å². The van der Waals surface area contributed by atoms with Crippen LogP contribution in [0, 0.1) is 6.92 Å². The van der Waals surface area contributed by atoms with Gasteiger partial charge < -0.3 is 4.42 Å². The van der Waals surface area contributed by atoms with Crippen LogP contribution in [0.5, 0.6) is 0 Å². The molecule has 0 N–H and O–H groups in total. The molecule has 0 spiro atoms. The fourth-order valence-electron chi connectivity index (χ4n) is 0.864. The molecule has 3 heteroatoms. The van der Waals surface area contributed by atoms with E-state index in [1.807, 2.05) is 20.8 Å². The van der Waals surface area contributed by atoms with Crippen LogP contribution in [-0.2, 0) is 5.41 Å². The summed E-state index contributed by atoms with van der Waals surface area (Å²) >= 11 is 5.82. The zero-order chi connectivity index (χ0) is 8.65. The van der Waals surface area contributed by atoms with Gasteiger partial charge in [-0.1, -0.05) is 32.4 Å². The van der Waals surface area contributed by atoms with E-state index in [0.717, 1.165) is 5.76 Å². The second kappa shape index (κ2) is 2.52. The first-order valence-corrected chi connectivity index (χ1v) is 3.92. The monoisotopic (exact) mass is 173 g/mol. The number of nitrogens with zero attached hydrogens (tertiary/aromatic N) is 1. The first-order chi connectivity index (χ1) is 4.91. The Morgan fingerprint density at radius 3 is 2.09 bits per heavy atom. The van der Waals surface area contributed by atoms with E-state index in [1.165, 1.54) is 0 Å². The van der Waals surface area contributed by atoms with E-state index in [-0.39, 0.29) is 5.41 Å². The molecule has 0 atom stereocenters. The summed E-state index contributed by atoms with van der Waals surface area (Å²) in [6, 6.07) is 0. The van der Waals surface area contributed by atoms with Gasteiger partial charge >= 0.3 is 0 Å². The van der Waals surface area contributed by atoms with Crippen LogP contribution >= 0.6 is 11.6 Å². The van der Waals surface area contributed by atoms with E-state index in [9.17, 15) is 0 Å². The Bertz CT molecular complexity index is 260. The quantitative estimate of drug-likeness (QED) is 0.603. The van der Waals surface area contributed by atoms with Crippen LogP contribution in [0.3, 0.4) is 0 Å². The molecular formula is C8H12ClNO. The van der Waals surface area contributed by atoms with Gasteiger partial charge in [-0.15, -0.1) is 0 Å². The van der Waals surface area contributed by atoms with Gasteiger partial charge in [-0.05, 0) is 0 Å². The van der Waals surface area contributed by atoms with Crippen molar-refractivity contribution in [1.29, 1.82) is 0 Å². The van der Waals surface area contributed by atoms with Crippen LogP contribution in [0.1, 0.15) is 32.4 Å². The fraction of sp³-hybridized carbons (Fsp3) is 0.625. The van der Waals surface area contributed by atoms with Crippen LogP contribution < -0.4 is 0 Å². The van der Waals surface area contributed by atoms with E-state index in [4.69, 9.17) is 16.0 Å². The highest BCUT2D eigenvalue weighted by Gasteiger charge is 2.22. The molecule has 0 bridgehead atoms. The molecule has 0 aromatic carbocycles. The molecule has 1 aromatic heterocycles. The molecular weight excluding hydrogens is 162 g/mol. The van der Waals surface area contributed by atoms with Crippen molar-refractivity contribution in [2.45, 2.75) is 33.1 Å². The summed E-state index contributed by atoms with van der Waals surface area (Å²) in [6.45, 7) is 7.91. The van der Waals surface area contributed by atoms with Crippen molar-refractivity contribution in [2.24, 2.45) is 0 Å². The minimum Gasteiger partial charge on any atom is -0.444 e. The van der Waals surface area contributed by atoms with Crippen LogP contribution in [0.2, 0.25) is 5.15 Å². The molecule has 0 aliphatic heterocycles. The average Bonchev–Trinajstić information content (AvgIpc) is 2.08.